The van der Waals surface area contributed by atoms with E-state index in [1.807, 2.05) is 0 Å². The van der Waals surface area contributed by atoms with Crippen LogP contribution in [0, 0.1) is 5.41 Å². The van der Waals surface area contributed by atoms with Crippen LogP contribution in [0.3, 0.4) is 0 Å². The number of nitrogens with zero attached hydrogens (tertiary/aromatic N) is 2. The van der Waals surface area contributed by atoms with Gasteiger partial charge >= 0.3 is 5.76 Å². The molecule has 4 rings (SSSR count). The Kier molecular flexibility index (Phi) is 3.35. The van der Waals surface area contributed by atoms with Crippen LogP contribution < -0.4 is 5.76 Å². The number of fused-ring (bicyclic) bond motifs is 1. The van der Waals surface area contributed by atoms with Crippen molar-refractivity contribution in [2.75, 3.05) is 12.3 Å². The van der Waals surface area contributed by atoms with Gasteiger partial charge in [0.25, 0.3) is 0 Å². The maximum Gasteiger partial charge on any atom is 0.419 e. The van der Waals surface area contributed by atoms with Gasteiger partial charge in [0.1, 0.15) is 0 Å². The number of hydrogen-bond acceptors (Lipinski definition) is 5. The third-order valence-corrected chi connectivity index (χ3v) is 7.10. The fourth-order valence-corrected chi connectivity index (χ4v) is 5.88. The Morgan fingerprint density at radius 1 is 1.25 bits per heavy atom. The number of amides is 1. The predicted molar refractivity (Wildman–Crippen MR) is 86.9 cm³/mol. The molecular formula is C16H18N2O5S. The molecule has 7 nitrogen and oxygen atoms in total. The quantitative estimate of drug-likeness (QED) is 0.833. The predicted octanol–water partition coefficient (Wildman–Crippen LogP) is 1.33. The van der Waals surface area contributed by atoms with Crippen molar-refractivity contribution in [1.82, 2.24) is 8.87 Å². The number of aryl methyl sites for hydroxylation is 1. The zero-order valence-corrected chi connectivity index (χ0v) is 13.9. The lowest BCUT2D eigenvalue weighted by atomic mass is 9.70. The first-order valence-corrected chi connectivity index (χ1v) is 9.63. The third-order valence-electron chi connectivity index (χ3n) is 5.12. The van der Waals surface area contributed by atoms with Crippen molar-refractivity contribution in [3.8, 4) is 0 Å². The van der Waals surface area contributed by atoms with Crippen LogP contribution in [0.15, 0.2) is 33.5 Å². The lowest BCUT2D eigenvalue weighted by molar-refractivity contribution is -0.127. The molecule has 8 heteroatoms. The number of oxazole rings is 1. The molecule has 2 aliphatic rings. The molecule has 1 aromatic carbocycles. The fourth-order valence-electron chi connectivity index (χ4n) is 3.69. The number of aromatic nitrogens is 1. The molecule has 1 aliphatic heterocycles. The highest BCUT2D eigenvalue weighted by molar-refractivity contribution is 7.89. The van der Waals surface area contributed by atoms with Gasteiger partial charge in [-0.3, -0.25) is 9.36 Å². The van der Waals surface area contributed by atoms with Crippen molar-refractivity contribution < 1.29 is 17.6 Å². The van der Waals surface area contributed by atoms with E-state index in [1.165, 1.54) is 4.57 Å². The number of rotatable bonds is 3. The number of para-hydroxylation sites is 2. The van der Waals surface area contributed by atoms with E-state index in [0.717, 1.165) is 23.6 Å². The van der Waals surface area contributed by atoms with Gasteiger partial charge in [0.05, 0.1) is 11.3 Å². The molecule has 1 amide bonds. The maximum absolute atomic E-state index is 12.4. The molecule has 1 saturated heterocycles. The van der Waals surface area contributed by atoms with Gasteiger partial charge in [-0.2, -0.15) is 0 Å². The smallest absolute Gasteiger partial charge is 0.408 e. The summed E-state index contributed by atoms with van der Waals surface area (Å²) in [5, 5.41) is 0. The summed E-state index contributed by atoms with van der Waals surface area (Å²) < 4.78 is 32.0. The van der Waals surface area contributed by atoms with E-state index in [-0.39, 0.29) is 30.7 Å². The van der Waals surface area contributed by atoms with Crippen molar-refractivity contribution in [1.29, 1.82) is 0 Å². The number of hydrogen-bond donors (Lipinski definition) is 0. The summed E-state index contributed by atoms with van der Waals surface area (Å²) in [7, 11) is -3.53. The maximum atomic E-state index is 12.4. The van der Waals surface area contributed by atoms with Crippen LogP contribution >= 0.6 is 0 Å². The Morgan fingerprint density at radius 2 is 2.00 bits per heavy atom. The van der Waals surface area contributed by atoms with Gasteiger partial charge < -0.3 is 4.42 Å². The molecule has 0 atom stereocenters. The molecule has 1 aromatic heterocycles. The minimum absolute atomic E-state index is 0.0429. The molecule has 0 bridgehead atoms. The van der Waals surface area contributed by atoms with E-state index >= 15 is 0 Å². The SMILES string of the molecule is O=C(CCn1c(=O)oc2ccccc21)N1CC2(CCC2)CS1(=O)=O. The van der Waals surface area contributed by atoms with E-state index in [9.17, 15) is 18.0 Å². The van der Waals surface area contributed by atoms with Crippen molar-refractivity contribution in [2.24, 2.45) is 5.41 Å². The summed E-state index contributed by atoms with van der Waals surface area (Å²) in [6, 6.07) is 6.96. The Balaban J connectivity index is 1.52. The Bertz CT molecular complexity index is 968. The average molecular weight is 350 g/mol. The largest absolute Gasteiger partial charge is 0.419 e. The molecule has 0 radical (unpaired) electrons. The highest BCUT2D eigenvalue weighted by Crippen LogP contribution is 2.47. The Morgan fingerprint density at radius 3 is 2.67 bits per heavy atom. The second kappa shape index (κ2) is 5.20. The zero-order chi connectivity index (χ0) is 16.9. The van der Waals surface area contributed by atoms with Crippen LogP contribution in [0.5, 0.6) is 0 Å². The molecule has 2 heterocycles. The highest BCUT2D eigenvalue weighted by Gasteiger charge is 2.52. The van der Waals surface area contributed by atoms with Gasteiger partial charge in [-0.25, -0.2) is 17.5 Å². The molecular weight excluding hydrogens is 332 g/mol. The van der Waals surface area contributed by atoms with Gasteiger partial charge in [-0.1, -0.05) is 18.6 Å². The first-order chi connectivity index (χ1) is 11.4. The summed E-state index contributed by atoms with van der Waals surface area (Å²) >= 11 is 0. The van der Waals surface area contributed by atoms with Crippen LogP contribution in [-0.2, 0) is 21.4 Å². The van der Waals surface area contributed by atoms with E-state index in [0.29, 0.717) is 11.1 Å². The van der Waals surface area contributed by atoms with Crippen LogP contribution in [0.25, 0.3) is 11.1 Å². The second-order valence-corrected chi connectivity index (χ2v) is 8.64. The average Bonchev–Trinajstić information content (AvgIpc) is 2.98. The summed E-state index contributed by atoms with van der Waals surface area (Å²) in [4.78, 5) is 24.3. The summed E-state index contributed by atoms with van der Waals surface area (Å²) in [6.45, 7) is 0.392. The Labute approximate surface area is 138 Å². The molecule has 24 heavy (non-hydrogen) atoms. The van der Waals surface area contributed by atoms with Crippen molar-refractivity contribution in [2.45, 2.75) is 32.2 Å². The summed E-state index contributed by atoms with van der Waals surface area (Å²) in [5.41, 5.74) is 0.834. The second-order valence-electron chi connectivity index (χ2n) is 6.75. The Hall–Kier alpha value is -2.09. The van der Waals surface area contributed by atoms with Crippen LogP contribution in [0.4, 0.5) is 0 Å². The molecule has 0 unspecified atom stereocenters. The number of sulfonamides is 1. The molecule has 1 spiro atoms. The molecule has 2 aromatic rings. The minimum atomic E-state index is -3.53. The molecule has 128 valence electrons. The number of carbonyl (C=O) groups excluding carboxylic acids is 1. The van der Waals surface area contributed by atoms with Gasteiger partial charge in [0.15, 0.2) is 5.58 Å². The fraction of sp³-hybridized carbons (Fsp3) is 0.500. The van der Waals surface area contributed by atoms with Gasteiger partial charge in [0, 0.05) is 24.9 Å². The summed E-state index contributed by atoms with van der Waals surface area (Å²) in [6.07, 6.45) is 2.70. The van der Waals surface area contributed by atoms with Gasteiger partial charge in [0.2, 0.25) is 15.9 Å². The van der Waals surface area contributed by atoms with Crippen LogP contribution in [-0.4, -0.2) is 35.5 Å². The molecule has 1 aliphatic carbocycles. The van der Waals surface area contributed by atoms with E-state index in [1.54, 1.807) is 24.3 Å². The standard InChI is InChI=1S/C16H18N2O5S/c19-14(18-10-16(7-3-8-16)11-24(18,21)22)6-9-17-12-4-1-2-5-13(12)23-15(17)20/h1-2,4-5H,3,6-11H2. The van der Waals surface area contributed by atoms with Crippen LogP contribution in [0.1, 0.15) is 25.7 Å². The van der Waals surface area contributed by atoms with Crippen molar-refractivity contribution in [3.05, 3.63) is 34.8 Å². The molecule has 2 fully saturated rings. The van der Waals surface area contributed by atoms with E-state index < -0.39 is 21.7 Å². The lowest BCUT2D eigenvalue weighted by Crippen LogP contribution is -2.37. The monoisotopic (exact) mass is 350 g/mol. The number of benzene rings is 1. The van der Waals surface area contributed by atoms with Gasteiger partial charge in [-0.05, 0) is 25.0 Å². The first-order valence-electron chi connectivity index (χ1n) is 8.02. The highest BCUT2D eigenvalue weighted by atomic mass is 32.2. The van der Waals surface area contributed by atoms with Crippen molar-refractivity contribution in [3.63, 3.8) is 0 Å². The first kappa shape index (κ1) is 15.4. The molecule has 1 saturated carbocycles. The summed E-state index contributed by atoms with van der Waals surface area (Å²) in [5.74, 6) is -0.917. The van der Waals surface area contributed by atoms with E-state index in [4.69, 9.17) is 4.42 Å². The number of carbonyl (C=O) groups is 1. The third kappa shape index (κ3) is 2.36. The lowest BCUT2D eigenvalue weighted by Gasteiger charge is -2.36. The minimum Gasteiger partial charge on any atom is -0.408 e. The van der Waals surface area contributed by atoms with E-state index in [2.05, 4.69) is 0 Å². The molecule has 0 N–H and O–H groups in total. The van der Waals surface area contributed by atoms with Crippen molar-refractivity contribution >= 4 is 27.0 Å². The topological polar surface area (TPSA) is 89.6 Å². The normalized spacial score (nSPS) is 21.2. The zero-order valence-electron chi connectivity index (χ0n) is 13.1. The van der Waals surface area contributed by atoms with Crippen LogP contribution in [0.2, 0.25) is 0 Å². The van der Waals surface area contributed by atoms with Gasteiger partial charge in [-0.15, -0.1) is 0 Å².